The van der Waals surface area contributed by atoms with Gasteiger partial charge in [0.15, 0.2) is 5.96 Å². The fraction of sp³-hybridized carbons (Fsp3) is 0.818. The molecule has 9 heteroatoms. The second kappa shape index (κ2) is 6.91. The molecule has 0 amide bonds. The molecule has 1 aliphatic rings. The van der Waals surface area contributed by atoms with Gasteiger partial charge in [-0.1, -0.05) is 6.42 Å². The van der Waals surface area contributed by atoms with Crippen molar-refractivity contribution in [3.05, 3.63) is 0 Å². The largest absolute Gasteiger partial charge is 0.480 e. The van der Waals surface area contributed by atoms with Gasteiger partial charge in [-0.2, -0.15) is 0 Å². The number of carboxylic acids is 1. The van der Waals surface area contributed by atoms with E-state index in [1.54, 1.807) is 14.1 Å². The summed E-state index contributed by atoms with van der Waals surface area (Å²) in [5, 5.41) is 30.0. The van der Waals surface area contributed by atoms with E-state index in [0.29, 0.717) is 25.3 Å². The Labute approximate surface area is 118 Å². The zero-order chi connectivity index (χ0) is 15.3. The summed E-state index contributed by atoms with van der Waals surface area (Å²) in [5.74, 6) is -0.698. The maximum Gasteiger partial charge on any atom is 0.451 e. The van der Waals surface area contributed by atoms with Crippen molar-refractivity contribution in [1.82, 2.24) is 10.2 Å². The number of hydrogen-bond acceptors (Lipinski definition) is 5. The van der Waals surface area contributed by atoms with Crippen molar-refractivity contribution in [2.75, 3.05) is 27.2 Å². The third-order valence-electron chi connectivity index (χ3n) is 3.77. The van der Waals surface area contributed by atoms with Gasteiger partial charge in [0, 0.05) is 33.1 Å². The van der Waals surface area contributed by atoms with E-state index < -0.39 is 18.6 Å². The molecule has 8 nitrogen and oxygen atoms in total. The molecule has 20 heavy (non-hydrogen) atoms. The van der Waals surface area contributed by atoms with Crippen molar-refractivity contribution in [2.45, 2.75) is 24.7 Å². The number of aliphatic carboxylic acids is 1. The Bertz CT molecular complexity index is 379. The van der Waals surface area contributed by atoms with Crippen LogP contribution in [0.3, 0.4) is 0 Å². The number of nitrogens with one attached hydrogen (secondary N) is 1. The van der Waals surface area contributed by atoms with Crippen LogP contribution in [-0.2, 0) is 4.79 Å². The van der Waals surface area contributed by atoms with Crippen molar-refractivity contribution in [2.24, 2.45) is 16.6 Å². The Morgan fingerprint density at radius 2 is 2.25 bits per heavy atom. The zero-order valence-corrected chi connectivity index (χ0v) is 11.9. The summed E-state index contributed by atoms with van der Waals surface area (Å²) in [6.45, 7) is 0.667. The lowest BCUT2D eigenvalue weighted by Gasteiger charge is -2.25. The van der Waals surface area contributed by atoms with Gasteiger partial charge in [0.25, 0.3) is 0 Å². The highest BCUT2D eigenvalue weighted by Gasteiger charge is 2.49. The maximum absolute atomic E-state index is 11.5. The second-order valence-electron chi connectivity index (χ2n) is 5.13. The molecule has 0 spiro atoms. The molecule has 6 N–H and O–H groups in total. The summed E-state index contributed by atoms with van der Waals surface area (Å²) in [6, 6.07) is 0. The number of guanidine groups is 1. The summed E-state index contributed by atoms with van der Waals surface area (Å²) in [4.78, 5) is 17.3. The quantitative estimate of drug-likeness (QED) is 0.228. The normalized spacial score (nSPS) is 26.8. The molecule has 0 bridgehead atoms. The predicted molar refractivity (Wildman–Crippen MR) is 76.3 cm³/mol. The average molecular weight is 286 g/mol. The highest BCUT2D eigenvalue weighted by molar-refractivity contribution is 6.40. The van der Waals surface area contributed by atoms with Crippen LogP contribution in [0.5, 0.6) is 0 Å². The topological polar surface area (TPSA) is 131 Å². The molecule has 0 saturated carbocycles. The molecule has 0 aromatic rings. The maximum atomic E-state index is 11.5. The van der Waals surface area contributed by atoms with Gasteiger partial charge in [-0.3, -0.25) is 9.79 Å². The van der Waals surface area contributed by atoms with Crippen molar-refractivity contribution in [1.29, 1.82) is 0 Å². The van der Waals surface area contributed by atoms with Gasteiger partial charge in [0.2, 0.25) is 0 Å². The van der Waals surface area contributed by atoms with Crippen LogP contribution in [0, 0.1) is 5.92 Å². The van der Waals surface area contributed by atoms with Crippen LogP contribution in [0.4, 0.5) is 0 Å². The van der Waals surface area contributed by atoms with Gasteiger partial charge in [-0.15, -0.1) is 0 Å². The molecule has 2 unspecified atom stereocenters. The summed E-state index contributed by atoms with van der Waals surface area (Å²) >= 11 is 0. The zero-order valence-electron chi connectivity index (χ0n) is 11.9. The lowest BCUT2D eigenvalue weighted by atomic mass is 9.78. The predicted octanol–water partition coefficient (Wildman–Crippen LogP) is -1.84. The standard InChI is InChI=1S/C11H23BN4O4/c1-14-10(15-2)16-6-8(4-3-5-12(19)20)11(13,7-16)9(17)18/h8,19-20H,3-7,13H2,1-2H3,(H,14,15)(H,17,18). The first-order valence-electron chi connectivity index (χ1n) is 6.63. The SMILES string of the molecule is CN=C(NC)N1CC(CCCB(O)O)C(N)(C(=O)O)C1. The monoisotopic (exact) mass is 286 g/mol. The van der Waals surface area contributed by atoms with E-state index in [-0.39, 0.29) is 18.8 Å². The molecular formula is C11H23BN4O4. The molecule has 114 valence electrons. The molecule has 1 fully saturated rings. The first kappa shape index (κ1) is 16.7. The average Bonchev–Trinajstić information content (AvgIpc) is 2.69. The number of hydrogen-bond donors (Lipinski definition) is 5. The van der Waals surface area contributed by atoms with Gasteiger partial charge in [-0.25, -0.2) is 0 Å². The molecule has 0 aromatic heterocycles. The van der Waals surface area contributed by atoms with E-state index in [4.69, 9.17) is 15.8 Å². The van der Waals surface area contributed by atoms with Crippen molar-refractivity contribution < 1.29 is 19.9 Å². The second-order valence-corrected chi connectivity index (χ2v) is 5.13. The molecule has 0 aliphatic carbocycles. The Kier molecular flexibility index (Phi) is 5.79. The minimum Gasteiger partial charge on any atom is -0.480 e. The van der Waals surface area contributed by atoms with Crippen LogP contribution >= 0.6 is 0 Å². The van der Waals surface area contributed by atoms with Crippen LogP contribution in [0.25, 0.3) is 0 Å². The Hall–Kier alpha value is -1.32. The van der Waals surface area contributed by atoms with Crippen LogP contribution in [0.1, 0.15) is 12.8 Å². The molecular weight excluding hydrogens is 263 g/mol. The Balaban J connectivity index is 2.77. The smallest absolute Gasteiger partial charge is 0.451 e. The number of nitrogens with zero attached hydrogens (tertiary/aromatic N) is 2. The van der Waals surface area contributed by atoms with Crippen LogP contribution in [0.15, 0.2) is 4.99 Å². The summed E-state index contributed by atoms with van der Waals surface area (Å²) in [7, 11) is 1.98. The minimum absolute atomic E-state index is 0.183. The van der Waals surface area contributed by atoms with Crippen molar-refractivity contribution in [3.8, 4) is 0 Å². The van der Waals surface area contributed by atoms with Crippen molar-refractivity contribution in [3.63, 3.8) is 0 Å². The summed E-state index contributed by atoms with van der Waals surface area (Å²) in [6.07, 6.45) is 1.26. The van der Waals surface area contributed by atoms with E-state index in [1.807, 2.05) is 4.90 Å². The fourth-order valence-corrected chi connectivity index (χ4v) is 2.65. The Morgan fingerprint density at radius 1 is 1.60 bits per heavy atom. The van der Waals surface area contributed by atoms with Crippen LogP contribution in [0.2, 0.25) is 6.32 Å². The minimum atomic E-state index is -1.37. The Morgan fingerprint density at radius 3 is 2.70 bits per heavy atom. The number of aliphatic imine (C=N–C) groups is 1. The van der Waals surface area contributed by atoms with Crippen LogP contribution in [-0.4, -0.2) is 71.8 Å². The number of rotatable bonds is 5. The number of nitrogens with two attached hydrogens (primary N) is 1. The van der Waals surface area contributed by atoms with E-state index >= 15 is 0 Å². The van der Waals surface area contributed by atoms with E-state index in [0.717, 1.165) is 0 Å². The first-order valence-corrected chi connectivity index (χ1v) is 6.63. The highest BCUT2D eigenvalue weighted by atomic mass is 16.4. The molecule has 0 radical (unpaired) electrons. The van der Waals surface area contributed by atoms with Crippen LogP contribution < -0.4 is 11.1 Å². The highest BCUT2D eigenvalue weighted by Crippen LogP contribution is 2.30. The van der Waals surface area contributed by atoms with E-state index in [9.17, 15) is 9.90 Å². The molecule has 2 atom stereocenters. The fourth-order valence-electron chi connectivity index (χ4n) is 2.65. The first-order chi connectivity index (χ1) is 9.35. The number of likely N-dealkylation sites (tertiary alicyclic amines) is 1. The van der Waals surface area contributed by atoms with Gasteiger partial charge in [0.1, 0.15) is 5.54 Å². The molecule has 1 saturated heterocycles. The molecule has 1 heterocycles. The van der Waals surface area contributed by atoms with Gasteiger partial charge in [0.05, 0.1) is 0 Å². The van der Waals surface area contributed by atoms with E-state index in [2.05, 4.69) is 10.3 Å². The van der Waals surface area contributed by atoms with Gasteiger partial charge < -0.3 is 31.1 Å². The molecule has 0 aromatic carbocycles. The number of carboxylic acid groups (broad SMARTS) is 1. The number of carbonyl (C=O) groups is 1. The lowest BCUT2D eigenvalue weighted by molar-refractivity contribution is -0.144. The molecule has 1 aliphatic heterocycles. The van der Waals surface area contributed by atoms with Gasteiger partial charge in [-0.05, 0) is 12.7 Å². The summed E-state index contributed by atoms with van der Waals surface area (Å²) in [5.41, 5.74) is 4.71. The third kappa shape index (κ3) is 3.62. The lowest BCUT2D eigenvalue weighted by Crippen LogP contribution is -2.55. The molecule has 1 rings (SSSR count). The third-order valence-corrected chi connectivity index (χ3v) is 3.77. The van der Waals surface area contributed by atoms with E-state index in [1.165, 1.54) is 0 Å². The van der Waals surface area contributed by atoms with Crippen molar-refractivity contribution >= 4 is 19.0 Å². The summed E-state index contributed by atoms with van der Waals surface area (Å²) < 4.78 is 0. The van der Waals surface area contributed by atoms with Gasteiger partial charge >= 0.3 is 13.1 Å².